The highest BCUT2D eigenvalue weighted by atomic mass is 16.5. The van der Waals surface area contributed by atoms with E-state index in [1.165, 1.54) is 0 Å². The Morgan fingerprint density at radius 2 is 1.68 bits per heavy atom. The quantitative estimate of drug-likeness (QED) is 0.543. The molecule has 5 nitrogen and oxygen atoms in total. The standard InChI is InChI=1S/C20H23NO4/c1-25-18-10-6-16(7-11-18)19(23)12-13-20(24)21-14-2-3-15-4-8-17(22)9-5-15/h4-11,22H,2-3,12-14H2,1H3,(H,21,24). The summed E-state index contributed by atoms with van der Waals surface area (Å²) in [6, 6.07) is 13.9. The van der Waals surface area contributed by atoms with Crippen LogP contribution >= 0.6 is 0 Å². The number of phenolic OH excluding ortho intramolecular Hbond substituents is 1. The number of carbonyl (C=O) groups is 2. The third-order valence-electron chi connectivity index (χ3n) is 3.89. The molecule has 0 radical (unpaired) electrons. The number of nitrogens with one attached hydrogen (secondary N) is 1. The van der Waals surface area contributed by atoms with Gasteiger partial charge in [-0.1, -0.05) is 12.1 Å². The van der Waals surface area contributed by atoms with Crippen molar-refractivity contribution in [2.45, 2.75) is 25.7 Å². The summed E-state index contributed by atoms with van der Waals surface area (Å²) in [5.41, 5.74) is 1.70. The van der Waals surface area contributed by atoms with Gasteiger partial charge in [0.15, 0.2) is 5.78 Å². The summed E-state index contributed by atoms with van der Waals surface area (Å²) in [5.74, 6) is 0.774. The highest BCUT2D eigenvalue weighted by molar-refractivity contribution is 5.98. The fourth-order valence-corrected chi connectivity index (χ4v) is 2.42. The summed E-state index contributed by atoms with van der Waals surface area (Å²) in [6.07, 6.45) is 2.01. The largest absolute Gasteiger partial charge is 0.508 e. The third kappa shape index (κ3) is 6.30. The summed E-state index contributed by atoms with van der Waals surface area (Å²) >= 11 is 0. The summed E-state index contributed by atoms with van der Waals surface area (Å²) in [5, 5.41) is 12.1. The lowest BCUT2D eigenvalue weighted by atomic mass is 10.1. The molecule has 0 saturated heterocycles. The highest BCUT2D eigenvalue weighted by Gasteiger charge is 2.09. The fraction of sp³-hybridized carbons (Fsp3) is 0.300. The van der Waals surface area contributed by atoms with Gasteiger partial charge in [0.2, 0.25) is 5.91 Å². The second kappa shape index (κ2) is 9.47. The van der Waals surface area contributed by atoms with E-state index in [9.17, 15) is 14.7 Å². The molecule has 0 aliphatic rings. The molecule has 2 aromatic rings. The number of hydrogen-bond acceptors (Lipinski definition) is 4. The number of hydrogen-bond donors (Lipinski definition) is 2. The number of ketones is 1. The van der Waals surface area contributed by atoms with Gasteiger partial charge in [0.25, 0.3) is 0 Å². The van der Waals surface area contributed by atoms with E-state index in [0.717, 1.165) is 18.4 Å². The molecular weight excluding hydrogens is 318 g/mol. The van der Waals surface area contributed by atoms with Gasteiger partial charge in [-0.3, -0.25) is 9.59 Å². The Balaban J connectivity index is 1.64. The predicted molar refractivity (Wildman–Crippen MR) is 96.0 cm³/mol. The van der Waals surface area contributed by atoms with E-state index in [0.29, 0.717) is 17.9 Å². The molecular formula is C20H23NO4. The molecule has 0 saturated carbocycles. The second-order valence-corrected chi connectivity index (χ2v) is 5.77. The lowest BCUT2D eigenvalue weighted by Crippen LogP contribution is -2.25. The second-order valence-electron chi connectivity index (χ2n) is 5.77. The summed E-state index contributed by atoms with van der Waals surface area (Å²) in [6.45, 7) is 0.566. The number of carbonyl (C=O) groups excluding carboxylic acids is 2. The number of benzene rings is 2. The SMILES string of the molecule is COc1ccc(C(=O)CCC(=O)NCCCc2ccc(O)cc2)cc1. The van der Waals surface area contributed by atoms with Crippen LogP contribution in [-0.4, -0.2) is 30.5 Å². The van der Waals surface area contributed by atoms with Crippen LogP contribution in [0.5, 0.6) is 11.5 Å². The minimum absolute atomic E-state index is 0.0538. The Hall–Kier alpha value is -2.82. The lowest BCUT2D eigenvalue weighted by molar-refractivity contribution is -0.121. The van der Waals surface area contributed by atoms with Crippen LogP contribution in [0.2, 0.25) is 0 Å². The Morgan fingerprint density at radius 3 is 2.32 bits per heavy atom. The van der Waals surface area contributed by atoms with Crippen LogP contribution in [0.15, 0.2) is 48.5 Å². The van der Waals surface area contributed by atoms with Crippen molar-refractivity contribution in [2.24, 2.45) is 0 Å². The van der Waals surface area contributed by atoms with Gasteiger partial charge in [-0.25, -0.2) is 0 Å². The Bertz CT molecular complexity index is 693. The minimum atomic E-state index is -0.118. The molecule has 2 N–H and O–H groups in total. The molecule has 0 unspecified atom stereocenters. The average Bonchev–Trinajstić information content (AvgIpc) is 2.64. The number of ether oxygens (including phenoxy) is 1. The van der Waals surface area contributed by atoms with Crippen molar-refractivity contribution in [1.82, 2.24) is 5.32 Å². The fourth-order valence-electron chi connectivity index (χ4n) is 2.42. The van der Waals surface area contributed by atoms with E-state index in [-0.39, 0.29) is 30.3 Å². The van der Waals surface area contributed by atoms with Crippen molar-refractivity contribution in [2.75, 3.05) is 13.7 Å². The van der Waals surface area contributed by atoms with E-state index in [1.807, 2.05) is 12.1 Å². The molecule has 0 aliphatic heterocycles. The number of aryl methyl sites for hydroxylation is 1. The summed E-state index contributed by atoms with van der Waals surface area (Å²) in [4.78, 5) is 23.9. The molecule has 2 rings (SSSR count). The van der Waals surface area contributed by atoms with Crippen LogP contribution in [0.4, 0.5) is 0 Å². The molecule has 0 bridgehead atoms. The summed E-state index contributed by atoms with van der Waals surface area (Å²) < 4.78 is 5.05. The summed E-state index contributed by atoms with van der Waals surface area (Å²) in [7, 11) is 1.57. The molecule has 0 spiro atoms. The number of rotatable bonds is 9. The van der Waals surface area contributed by atoms with Gasteiger partial charge in [0, 0.05) is 24.9 Å². The maximum atomic E-state index is 12.0. The first-order valence-corrected chi connectivity index (χ1v) is 8.30. The Kier molecular flexibility index (Phi) is 7.01. The van der Waals surface area contributed by atoms with Crippen LogP contribution in [0.3, 0.4) is 0 Å². The Morgan fingerprint density at radius 1 is 1.00 bits per heavy atom. The lowest BCUT2D eigenvalue weighted by Gasteiger charge is -2.06. The first-order chi connectivity index (χ1) is 12.1. The van der Waals surface area contributed by atoms with Gasteiger partial charge < -0.3 is 15.2 Å². The van der Waals surface area contributed by atoms with E-state index in [4.69, 9.17) is 4.74 Å². The van der Waals surface area contributed by atoms with Gasteiger partial charge in [0.1, 0.15) is 11.5 Å². The number of aromatic hydroxyl groups is 1. The number of Topliss-reactive ketones (excluding diaryl/α,β-unsaturated/α-hetero) is 1. The van der Waals surface area contributed by atoms with E-state index < -0.39 is 0 Å². The topological polar surface area (TPSA) is 75.6 Å². The first kappa shape index (κ1) is 18.5. The van der Waals surface area contributed by atoms with Gasteiger partial charge in [-0.05, 0) is 54.8 Å². The van der Waals surface area contributed by atoms with Crippen molar-refractivity contribution < 1.29 is 19.4 Å². The Labute approximate surface area is 147 Å². The highest BCUT2D eigenvalue weighted by Crippen LogP contribution is 2.13. The van der Waals surface area contributed by atoms with Crippen LogP contribution in [-0.2, 0) is 11.2 Å². The number of amides is 1. The normalized spacial score (nSPS) is 10.3. The molecule has 0 atom stereocenters. The molecule has 0 aromatic heterocycles. The third-order valence-corrected chi connectivity index (χ3v) is 3.89. The number of phenols is 1. The molecule has 5 heteroatoms. The predicted octanol–water partition coefficient (Wildman–Crippen LogP) is 3.11. The van der Waals surface area contributed by atoms with E-state index >= 15 is 0 Å². The van der Waals surface area contributed by atoms with Crippen molar-refractivity contribution in [3.8, 4) is 11.5 Å². The zero-order valence-corrected chi connectivity index (χ0v) is 14.3. The average molecular weight is 341 g/mol. The molecule has 1 amide bonds. The van der Waals surface area contributed by atoms with Gasteiger partial charge >= 0.3 is 0 Å². The smallest absolute Gasteiger partial charge is 0.220 e. The van der Waals surface area contributed by atoms with Crippen LogP contribution in [0.1, 0.15) is 35.2 Å². The minimum Gasteiger partial charge on any atom is -0.508 e. The molecule has 0 heterocycles. The molecule has 2 aromatic carbocycles. The van der Waals surface area contributed by atoms with E-state index in [1.54, 1.807) is 43.5 Å². The molecule has 132 valence electrons. The van der Waals surface area contributed by atoms with Crippen molar-refractivity contribution in [3.05, 3.63) is 59.7 Å². The van der Waals surface area contributed by atoms with Crippen LogP contribution < -0.4 is 10.1 Å². The van der Waals surface area contributed by atoms with Gasteiger partial charge in [0.05, 0.1) is 7.11 Å². The van der Waals surface area contributed by atoms with E-state index in [2.05, 4.69) is 5.32 Å². The van der Waals surface area contributed by atoms with Gasteiger partial charge in [-0.15, -0.1) is 0 Å². The van der Waals surface area contributed by atoms with Crippen molar-refractivity contribution in [3.63, 3.8) is 0 Å². The van der Waals surface area contributed by atoms with Crippen molar-refractivity contribution >= 4 is 11.7 Å². The van der Waals surface area contributed by atoms with Crippen LogP contribution in [0, 0.1) is 0 Å². The molecule has 0 fully saturated rings. The van der Waals surface area contributed by atoms with Crippen molar-refractivity contribution in [1.29, 1.82) is 0 Å². The number of methoxy groups -OCH3 is 1. The molecule has 0 aliphatic carbocycles. The monoisotopic (exact) mass is 341 g/mol. The zero-order valence-electron chi connectivity index (χ0n) is 14.3. The van der Waals surface area contributed by atoms with Gasteiger partial charge in [-0.2, -0.15) is 0 Å². The molecule has 25 heavy (non-hydrogen) atoms. The zero-order chi connectivity index (χ0) is 18.1. The van der Waals surface area contributed by atoms with Crippen LogP contribution in [0.25, 0.3) is 0 Å². The maximum Gasteiger partial charge on any atom is 0.220 e. The first-order valence-electron chi connectivity index (χ1n) is 8.30. The maximum absolute atomic E-state index is 12.0.